The largest absolute Gasteiger partial charge is 0.454 e. The molecule has 0 radical (unpaired) electrons. The first-order chi connectivity index (χ1) is 19.4. The number of allylic oxidation sites excluding steroid dienone is 3. The quantitative estimate of drug-likeness (QED) is 0.402. The highest BCUT2D eigenvalue weighted by Crippen LogP contribution is 2.47. The van der Waals surface area contributed by atoms with Crippen molar-refractivity contribution in [1.82, 2.24) is 10.2 Å². The number of aryl methyl sites for hydroxylation is 1. The lowest BCUT2D eigenvalue weighted by atomic mass is 9.75. The molecule has 3 aliphatic rings. The molecule has 3 aromatic rings. The van der Waals surface area contributed by atoms with Crippen molar-refractivity contribution in [3.05, 3.63) is 76.3 Å². The van der Waals surface area contributed by atoms with E-state index in [0.717, 1.165) is 16.8 Å². The summed E-state index contributed by atoms with van der Waals surface area (Å²) in [6.07, 6.45) is 1.73. The maximum atomic E-state index is 13.3. The van der Waals surface area contributed by atoms with Crippen molar-refractivity contribution in [2.45, 2.75) is 36.4 Å². The number of ether oxygens (including phenoxy) is 2. The molecule has 0 saturated carbocycles. The average molecular weight is 573 g/mol. The normalized spacial score (nSPS) is 18.1. The van der Waals surface area contributed by atoms with Crippen LogP contribution in [0.4, 0.5) is 10.8 Å². The van der Waals surface area contributed by atoms with Gasteiger partial charge in [0.2, 0.25) is 17.8 Å². The Kier molecular flexibility index (Phi) is 6.91. The van der Waals surface area contributed by atoms with E-state index in [1.165, 1.54) is 23.1 Å². The molecule has 202 valence electrons. The maximum absolute atomic E-state index is 13.3. The molecule has 10 nitrogen and oxygen atoms in total. The number of fused-ring (bicyclic) bond motifs is 1. The van der Waals surface area contributed by atoms with Crippen LogP contribution in [0.25, 0.3) is 0 Å². The van der Waals surface area contributed by atoms with Gasteiger partial charge in [-0.25, -0.2) is 0 Å². The van der Waals surface area contributed by atoms with Crippen LogP contribution in [-0.4, -0.2) is 34.4 Å². The molecule has 0 spiro atoms. The van der Waals surface area contributed by atoms with Crippen LogP contribution in [-0.2, 0) is 9.59 Å². The number of amides is 1. The monoisotopic (exact) mass is 572 g/mol. The Balaban J connectivity index is 1.24. The number of nitrogens with zero attached hydrogens (tertiary/aromatic N) is 4. The van der Waals surface area contributed by atoms with E-state index in [0.29, 0.717) is 57.1 Å². The molecule has 0 bridgehead atoms. The van der Waals surface area contributed by atoms with Crippen LogP contribution in [0.2, 0.25) is 0 Å². The van der Waals surface area contributed by atoms with Gasteiger partial charge in [-0.15, -0.1) is 10.2 Å². The summed E-state index contributed by atoms with van der Waals surface area (Å²) in [6.45, 7) is 2.13. The number of nitrogens with one attached hydrogen (secondary N) is 1. The number of hydrogen-bond acceptors (Lipinski definition) is 11. The maximum Gasteiger partial charge on any atom is 0.234 e. The molecule has 3 heterocycles. The number of thioether (sulfide) groups is 1. The number of nitrogens with two attached hydrogens (primary N) is 1. The molecule has 2 aliphatic heterocycles. The lowest BCUT2D eigenvalue weighted by molar-refractivity contribution is -0.116. The fraction of sp³-hybridized carbons (Fsp3) is 0.250. The van der Waals surface area contributed by atoms with Crippen LogP contribution in [0.5, 0.6) is 11.5 Å². The Bertz CT molecular complexity index is 1640. The van der Waals surface area contributed by atoms with Gasteiger partial charge < -0.3 is 20.5 Å². The Hall–Kier alpha value is -4.34. The first kappa shape index (κ1) is 25.9. The van der Waals surface area contributed by atoms with E-state index in [1.807, 2.05) is 31.2 Å². The Labute approximate surface area is 238 Å². The molecule has 0 saturated heterocycles. The summed E-state index contributed by atoms with van der Waals surface area (Å²) in [4.78, 5) is 27.6. The number of rotatable bonds is 6. The van der Waals surface area contributed by atoms with E-state index in [2.05, 4.69) is 21.6 Å². The van der Waals surface area contributed by atoms with E-state index >= 15 is 0 Å². The smallest absolute Gasteiger partial charge is 0.234 e. The van der Waals surface area contributed by atoms with Gasteiger partial charge in [-0.2, -0.15) is 5.26 Å². The molecule has 0 fully saturated rings. The summed E-state index contributed by atoms with van der Waals surface area (Å²) in [6, 6.07) is 15.2. The van der Waals surface area contributed by atoms with Crippen LogP contribution in [0.15, 0.2) is 69.5 Å². The first-order valence-corrected chi connectivity index (χ1v) is 14.4. The minimum absolute atomic E-state index is 0.0130. The third-order valence-electron chi connectivity index (χ3n) is 6.98. The second kappa shape index (κ2) is 10.7. The predicted molar refractivity (Wildman–Crippen MR) is 151 cm³/mol. The number of carbonyl (C=O) groups is 2. The molecule has 1 aromatic heterocycles. The number of nitriles is 1. The van der Waals surface area contributed by atoms with Crippen molar-refractivity contribution in [1.29, 1.82) is 5.26 Å². The van der Waals surface area contributed by atoms with Crippen LogP contribution in [0.3, 0.4) is 0 Å². The molecule has 3 N–H and O–H groups in total. The van der Waals surface area contributed by atoms with Crippen molar-refractivity contribution in [3.63, 3.8) is 0 Å². The van der Waals surface area contributed by atoms with E-state index in [9.17, 15) is 14.9 Å². The number of benzene rings is 2. The number of aromatic nitrogens is 2. The summed E-state index contributed by atoms with van der Waals surface area (Å²) in [5.41, 5.74) is 10.8. The van der Waals surface area contributed by atoms with Crippen LogP contribution < -0.4 is 25.4 Å². The van der Waals surface area contributed by atoms with Crippen molar-refractivity contribution in [2.75, 3.05) is 22.8 Å². The molecular weight excluding hydrogens is 548 g/mol. The molecular formula is C28H24N6O4S2. The number of anilines is 2. The van der Waals surface area contributed by atoms with E-state index < -0.39 is 5.92 Å². The third-order valence-corrected chi connectivity index (χ3v) is 9.02. The van der Waals surface area contributed by atoms with Gasteiger partial charge in [0.1, 0.15) is 5.82 Å². The van der Waals surface area contributed by atoms with Crippen LogP contribution in [0, 0.1) is 18.3 Å². The van der Waals surface area contributed by atoms with Crippen molar-refractivity contribution < 1.29 is 19.1 Å². The Morgan fingerprint density at radius 2 is 2.05 bits per heavy atom. The standard InChI is InChI=1S/C28H24N6O4S2/c1-15-5-2-3-6-17(15)24-18(12-29)26(30)34(19-7-4-8-20(35)25(19)24)27-32-33-28(40-27)39-13-23(36)31-16-9-10-21-22(11-16)38-14-37-21/h2-3,5-6,9-11,24H,4,7-8,13-14,30H2,1H3,(H,31,36). The fourth-order valence-corrected chi connectivity index (χ4v) is 6.86. The minimum Gasteiger partial charge on any atom is -0.454 e. The van der Waals surface area contributed by atoms with Crippen molar-refractivity contribution in [2.24, 2.45) is 5.73 Å². The highest BCUT2D eigenvalue weighted by Gasteiger charge is 2.41. The molecule has 1 aliphatic carbocycles. The van der Waals surface area contributed by atoms with Crippen LogP contribution >= 0.6 is 23.1 Å². The third kappa shape index (κ3) is 4.67. The lowest BCUT2D eigenvalue weighted by Gasteiger charge is -2.38. The van der Waals surface area contributed by atoms with E-state index in [-0.39, 0.29) is 30.1 Å². The average Bonchev–Trinajstić information content (AvgIpc) is 3.61. The fourth-order valence-electron chi connectivity index (χ4n) is 5.18. The topological polar surface area (TPSA) is 143 Å². The van der Waals surface area contributed by atoms with Gasteiger partial charge in [-0.05, 0) is 43.0 Å². The second-order valence-electron chi connectivity index (χ2n) is 9.43. The summed E-state index contributed by atoms with van der Waals surface area (Å²) in [5, 5.41) is 22.1. The molecule has 40 heavy (non-hydrogen) atoms. The van der Waals surface area contributed by atoms with Crippen molar-refractivity contribution in [3.8, 4) is 17.6 Å². The number of carbonyl (C=O) groups excluding carboxylic acids is 2. The van der Waals surface area contributed by atoms with Gasteiger partial charge in [0.25, 0.3) is 0 Å². The lowest BCUT2D eigenvalue weighted by Crippen LogP contribution is -2.38. The summed E-state index contributed by atoms with van der Waals surface area (Å²) in [7, 11) is 0. The van der Waals surface area contributed by atoms with E-state index in [1.54, 1.807) is 23.1 Å². The zero-order chi connectivity index (χ0) is 27.8. The van der Waals surface area contributed by atoms with Crippen LogP contribution in [0.1, 0.15) is 36.3 Å². The molecule has 1 atom stereocenters. The van der Waals surface area contributed by atoms with Gasteiger partial charge >= 0.3 is 0 Å². The van der Waals surface area contributed by atoms with Gasteiger partial charge in [0.05, 0.1) is 23.3 Å². The molecule has 1 amide bonds. The summed E-state index contributed by atoms with van der Waals surface area (Å²) >= 11 is 2.50. The van der Waals surface area contributed by atoms with Gasteiger partial charge in [0, 0.05) is 29.4 Å². The first-order valence-electron chi connectivity index (χ1n) is 12.6. The number of Topliss-reactive ketones (excluding diaryl/α,β-unsaturated/α-hetero) is 1. The zero-order valence-corrected chi connectivity index (χ0v) is 23.1. The van der Waals surface area contributed by atoms with Gasteiger partial charge in [0.15, 0.2) is 21.6 Å². The van der Waals surface area contributed by atoms with E-state index in [4.69, 9.17) is 15.2 Å². The Morgan fingerprint density at radius 3 is 2.88 bits per heavy atom. The van der Waals surface area contributed by atoms with Gasteiger partial charge in [-0.3, -0.25) is 14.5 Å². The zero-order valence-electron chi connectivity index (χ0n) is 21.5. The summed E-state index contributed by atoms with van der Waals surface area (Å²) in [5.74, 6) is 0.863. The molecule has 12 heteroatoms. The number of ketones is 1. The second-order valence-corrected chi connectivity index (χ2v) is 11.6. The molecule has 2 aromatic carbocycles. The molecule has 6 rings (SSSR count). The highest BCUT2D eigenvalue weighted by atomic mass is 32.2. The molecule has 1 unspecified atom stereocenters. The number of hydrogen-bond donors (Lipinski definition) is 2. The summed E-state index contributed by atoms with van der Waals surface area (Å²) < 4.78 is 11.2. The van der Waals surface area contributed by atoms with Gasteiger partial charge in [-0.1, -0.05) is 47.4 Å². The SMILES string of the molecule is Cc1ccccc1C1C(C#N)=C(N)N(c2nnc(SCC(=O)Nc3ccc4c(c3)OCO4)s2)C2=C1C(=O)CCC2. The van der Waals surface area contributed by atoms with Crippen molar-refractivity contribution >= 4 is 45.6 Å². The highest BCUT2D eigenvalue weighted by molar-refractivity contribution is 8.01. The minimum atomic E-state index is -0.521. The predicted octanol–water partition coefficient (Wildman–Crippen LogP) is 4.61. The Morgan fingerprint density at radius 1 is 1.23 bits per heavy atom.